The van der Waals surface area contributed by atoms with Gasteiger partial charge in [0, 0.05) is 12.5 Å². The molecule has 0 fully saturated rings. The number of benzene rings is 1. The van der Waals surface area contributed by atoms with Crippen LogP contribution in [0.5, 0.6) is 0 Å². The Kier molecular flexibility index (Phi) is 3.25. The minimum absolute atomic E-state index is 0.152. The number of esters is 2. The molecule has 1 aliphatic heterocycles. The van der Waals surface area contributed by atoms with Crippen LogP contribution in [0.4, 0.5) is 0 Å². The van der Waals surface area contributed by atoms with E-state index in [0.29, 0.717) is 5.56 Å². The maximum atomic E-state index is 12.1. The third-order valence-corrected chi connectivity index (χ3v) is 2.63. The molecule has 0 aliphatic carbocycles. The summed E-state index contributed by atoms with van der Waals surface area (Å²) in [6.07, 6.45) is -1.34. The van der Waals surface area contributed by atoms with Gasteiger partial charge in [0.15, 0.2) is 0 Å². The van der Waals surface area contributed by atoms with Crippen molar-refractivity contribution in [3.8, 4) is 0 Å². The summed E-state index contributed by atoms with van der Waals surface area (Å²) in [5, 5.41) is 0. The molecular weight excluding hydrogens is 236 g/mol. The lowest BCUT2D eigenvalue weighted by molar-refractivity contribution is -0.165. The molecule has 18 heavy (non-hydrogen) atoms. The molecule has 1 aliphatic rings. The molecule has 0 N–H and O–H groups in total. The van der Waals surface area contributed by atoms with Gasteiger partial charge in [-0.25, -0.2) is 4.79 Å². The lowest BCUT2D eigenvalue weighted by Crippen LogP contribution is -2.38. The Hall–Kier alpha value is -2.01. The molecule has 1 aromatic carbocycles. The molecule has 0 radical (unpaired) electrons. The first-order valence-corrected chi connectivity index (χ1v) is 5.46. The first-order valence-electron chi connectivity index (χ1n) is 5.46. The van der Waals surface area contributed by atoms with Crippen LogP contribution in [0.2, 0.25) is 0 Å². The van der Waals surface area contributed by atoms with E-state index in [1.165, 1.54) is 0 Å². The molecule has 1 unspecified atom stereocenters. The number of ether oxygens (including phenoxy) is 2. The average Bonchev–Trinajstić information content (AvgIpc) is 2.29. The molecule has 1 atom stereocenters. The van der Waals surface area contributed by atoms with E-state index in [4.69, 9.17) is 4.74 Å². The van der Waals surface area contributed by atoms with E-state index in [1.807, 2.05) is 13.0 Å². The summed E-state index contributed by atoms with van der Waals surface area (Å²) in [6.45, 7) is 3.11. The van der Waals surface area contributed by atoms with E-state index in [0.717, 1.165) is 18.1 Å². The van der Waals surface area contributed by atoms with Crippen molar-refractivity contribution in [2.24, 2.45) is 0 Å². The Morgan fingerprint density at radius 1 is 1.39 bits per heavy atom. The summed E-state index contributed by atoms with van der Waals surface area (Å²) < 4.78 is 9.52. The first kappa shape index (κ1) is 12.4. The number of rotatable bonds is 1. The summed E-state index contributed by atoms with van der Waals surface area (Å²) in [5.41, 5.74) is 2.10. The van der Waals surface area contributed by atoms with E-state index in [2.05, 4.69) is 4.74 Å². The van der Waals surface area contributed by atoms with Gasteiger partial charge in [0.2, 0.25) is 11.9 Å². The fourth-order valence-corrected chi connectivity index (χ4v) is 1.81. The smallest absolute Gasteiger partial charge is 0.351 e. The summed E-state index contributed by atoms with van der Waals surface area (Å²) in [4.78, 5) is 34.3. The third-order valence-electron chi connectivity index (χ3n) is 2.63. The highest BCUT2D eigenvalue weighted by Gasteiger charge is 2.35. The molecule has 2 rings (SSSR count). The molecule has 94 valence electrons. The number of ketones is 1. The van der Waals surface area contributed by atoms with Gasteiger partial charge in [-0.05, 0) is 18.6 Å². The van der Waals surface area contributed by atoms with Crippen molar-refractivity contribution in [3.05, 3.63) is 34.9 Å². The normalized spacial score (nSPS) is 18.1. The van der Waals surface area contributed by atoms with Crippen molar-refractivity contribution in [1.29, 1.82) is 0 Å². The lowest BCUT2D eigenvalue weighted by Gasteiger charge is -2.22. The molecule has 0 saturated carbocycles. The van der Waals surface area contributed by atoms with Gasteiger partial charge in [0.25, 0.3) is 0 Å². The Balaban J connectivity index is 2.27. The summed E-state index contributed by atoms with van der Waals surface area (Å²) >= 11 is 0. The fraction of sp³-hybridized carbons (Fsp3) is 0.308. The highest BCUT2D eigenvalue weighted by molar-refractivity contribution is 6.13. The van der Waals surface area contributed by atoms with Gasteiger partial charge >= 0.3 is 11.9 Å². The molecule has 5 nitrogen and oxygen atoms in total. The predicted octanol–water partition coefficient (Wildman–Crippen LogP) is 1.17. The zero-order chi connectivity index (χ0) is 13.3. The van der Waals surface area contributed by atoms with Crippen molar-refractivity contribution < 1.29 is 23.9 Å². The highest BCUT2D eigenvalue weighted by Crippen LogP contribution is 2.22. The van der Waals surface area contributed by atoms with Crippen molar-refractivity contribution in [2.45, 2.75) is 26.6 Å². The van der Waals surface area contributed by atoms with Gasteiger partial charge in [-0.15, -0.1) is 0 Å². The minimum Gasteiger partial charge on any atom is -0.391 e. The van der Waals surface area contributed by atoms with Crippen LogP contribution in [0.25, 0.3) is 0 Å². The second-order valence-corrected chi connectivity index (χ2v) is 4.13. The SMILES string of the molecule is CC(=O)OC(=O)C1OCc2ccc(C)cc2C1=O. The molecule has 0 aromatic heterocycles. The monoisotopic (exact) mass is 248 g/mol. The molecular formula is C13H12O5. The maximum absolute atomic E-state index is 12.1. The maximum Gasteiger partial charge on any atom is 0.351 e. The van der Waals surface area contributed by atoms with Gasteiger partial charge in [-0.3, -0.25) is 9.59 Å². The largest absolute Gasteiger partial charge is 0.391 e. The van der Waals surface area contributed by atoms with Gasteiger partial charge in [0.1, 0.15) is 0 Å². The summed E-state index contributed by atoms with van der Waals surface area (Å²) in [5.74, 6) is -2.18. The zero-order valence-electron chi connectivity index (χ0n) is 10.1. The van der Waals surface area contributed by atoms with Crippen LogP contribution in [-0.4, -0.2) is 23.8 Å². The van der Waals surface area contributed by atoms with Gasteiger partial charge < -0.3 is 9.47 Å². The van der Waals surface area contributed by atoms with Crippen molar-refractivity contribution in [3.63, 3.8) is 0 Å². The summed E-state index contributed by atoms with van der Waals surface area (Å²) in [7, 11) is 0. The number of Topliss-reactive ketones (excluding diaryl/α,β-unsaturated/α-hetero) is 1. The number of hydrogen-bond acceptors (Lipinski definition) is 5. The topological polar surface area (TPSA) is 69.7 Å². The molecule has 5 heteroatoms. The van der Waals surface area contributed by atoms with Crippen LogP contribution < -0.4 is 0 Å². The zero-order valence-corrected chi connectivity index (χ0v) is 10.1. The molecule has 0 bridgehead atoms. The quantitative estimate of drug-likeness (QED) is 0.551. The van der Waals surface area contributed by atoms with Gasteiger partial charge in [0.05, 0.1) is 6.61 Å². The molecule has 1 aromatic rings. The molecule has 0 saturated heterocycles. The standard InChI is InChI=1S/C13H12O5/c1-7-3-4-9-6-17-12(11(15)10(9)5-7)13(16)18-8(2)14/h3-5,12H,6H2,1-2H3. The Labute approximate surface area is 104 Å². The Morgan fingerprint density at radius 3 is 2.78 bits per heavy atom. The van der Waals surface area contributed by atoms with Crippen molar-refractivity contribution in [1.82, 2.24) is 0 Å². The van der Waals surface area contributed by atoms with E-state index in [9.17, 15) is 14.4 Å². The van der Waals surface area contributed by atoms with Crippen LogP contribution in [0.3, 0.4) is 0 Å². The van der Waals surface area contributed by atoms with Crippen LogP contribution >= 0.6 is 0 Å². The Bertz CT molecular complexity index is 532. The fourth-order valence-electron chi connectivity index (χ4n) is 1.81. The Morgan fingerprint density at radius 2 is 2.11 bits per heavy atom. The number of hydrogen-bond donors (Lipinski definition) is 0. The van der Waals surface area contributed by atoms with Crippen LogP contribution in [0.15, 0.2) is 18.2 Å². The van der Waals surface area contributed by atoms with Crippen LogP contribution in [0, 0.1) is 6.92 Å². The number of fused-ring (bicyclic) bond motifs is 1. The van der Waals surface area contributed by atoms with E-state index in [1.54, 1.807) is 12.1 Å². The lowest BCUT2D eigenvalue weighted by atomic mass is 9.96. The average molecular weight is 248 g/mol. The minimum atomic E-state index is -1.34. The number of carbonyl (C=O) groups is 3. The van der Waals surface area contributed by atoms with Gasteiger partial charge in [-0.1, -0.05) is 17.7 Å². The number of carbonyl (C=O) groups excluding carboxylic acids is 3. The second-order valence-electron chi connectivity index (χ2n) is 4.13. The molecule has 0 amide bonds. The first-order chi connectivity index (χ1) is 8.49. The highest BCUT2D eigenvalue weighted by atomic mass is 16.6. The molecule has 0 spiro atoms. The van der Waals surface area contributed by atoms with E-state index in [-0.39, 0.29) is 6.61 Å². The molecule has 1 heterocycles. The second kappa shape index (κ2) is 4.70. The van der Waals surface area contributed by atoms with Crippen LogP contribution in [-0.2, 0) is 25.7 Å². The van der Waals surface area contributed by atoms with Gasteiger partial charge in [-0.2, -0.15) is 0 Å². The third kappa shape index (κ3) is 2.31. The number of aryl methyl sites for hydroxylation is 1. The van der Waals surface area contributed by atoms with E-state index >= 15 is 0 Å². The summed E-state index contributed by atoms with van der Waals surface area (Å²) in [6, 6.07) is 5.35. The predicted molar refractivity (Wildman–Crippen MR) is 60.9 cm³/mol. The van der Waals surface area contributed by atoms with Crippen molar-refractivity contribution >= 4 is 17.7 Å². The van der Waals surface area contributed by atoms with Crippen molar-refractivity contribution in [2.75, 3.05) is 0 Å². The van der Waals surface area contributed by atoms with E-state index < -0.39 is 23.8 Å². The van der Waals surface area contributed by atoms with Crippen LogP contribution in [0.1, 0.15) is 28.4 Å².